The number of hydrogen-bond donors (Lipinski definition) is 0. The van der Waals surface area contributed by atoms with Gasteiger partial charge in [-0.05, 0) is 17.5 Å². The maximum Gasteiger partial charge on any atom is 0.0946 e. The number of nitrogens with zero attached hydrogens (tertiary/aromatic N) is 1. The van der Waals surface area contributed by atoms with Crippen LogP contribution < -0.4 is 0 Å². The van der Waals surface area contributed by atoms with E-state index in [1.165, 1.54) is 11.1 Å². The van der Waals surface area contributed by atoms with Crippen molar-refractivity contribution in [2.45, 2.75) is 13.0 Å². The monoisotopic (exact) mass is 195 g/mol. The molecule has 0 saturated heterocycles. The van der Waals surface area contributed by atoms with Crippen molar-refractivity contribution in [3.63, 3.8) is 0 Å². The summed E-state index contributed by atoms with van der Waals surface area (Å²) >= 11 is 0. The maximum absolute atomic E-state index is 11.5. The second-order valence-corrected chi connectivity index (χ2v) is 5.00. The lowest BCUT2D eigenvalue weighted by atomic mass is 10.1. The van der Waals surface area contributed by atoms with Crippen molar-refractivity contribution in [1.29, 1.82) is 0 Å². The highest BCUT2D eigenvalue weighted by Gasteiger charge is 2.15. The summed E-state index contributed by atoms with van der Waals surface area (Å²) in [7, 11) is 1.12. The minimum atomic E-state index is -0.795. The Balaban J connectivity index is 2.35. The molecule has 1 heterocycles. The Morgan fingerprint density at radius 2 is 2.00 bits per heavy atom. The molecule has 1 aliphatic heterocycles. The Labute approximate surface area is 81.2 Å². The van der Waals surface area contributed by atoms with E-state index in [1.54, 1.807) is 0 Å². The van der Waals surface area contributed by atoms with Gasteiger partial charge in [0.2, 0.25) is 0 Å². The fourth-order valence-corrected chi connectivity index (χ4v) is 2.61. The smallest absolute Gasteiger partial charge is 0.0946 e. The molecule has 1 unspecified atom stereocenters. The van der Waals surface area contributed by atoms with E-state index in [0.29, 0.717) is 0 Å². The van der Waals surface area contributed by atoms with Crippen LogP contribution in [0, 0.1) is 0 Å². The number of hydrogen-bond acceptors (Lipinski definition) is 1. The quantitative estimate of drug-likeness (QED) is 0.611. The van der Waals surface area contributed by atoms with Gasteiger partial charge in [0.25, 0.3) is 0 Å². The van der Waals surface area contributed by atoms with Crippen LogP contribution in [0.3, 0.4) is 0 Å². The van der Waals surface area contributed by atoms with E-state index in [9.17, 15) is 4.21 Å². The van der Waals surface area contributed by atoms with Crippen molar-refractivity contribution < 1.29 is 4.21 Å². The van der Waals surface area contributed by atoms with Gasteiger partial charge in [-0.2, -0.15) is 0 Å². The SMILES string of the molecule is CN1Cc2ccccc2CCS1=O. The second-order valence-electron chi connectivity index (χ2n) is 3.33. The molecule has 0 aromatic heterocycles. The van der Waals surface area contributed by atoms with Crippen LogP contribution in [0.1, 0.15) is 11.1 Å². The highest BCUT2D eigenvalue weighted by Crippen LogP contribution is 2.16. The van der Waals surface area contributed by atoms with Gasteiger partial charge in [-0.15, -0.1) is 0 Å². The van der Waals surface area contributed by atoms with Crippen LogP contribution in [0.5, 0.6) is 0 Å². The van der Waals surface area contributed by atoms with Crippen molar-refractivity contribution in [3.8, 4) is 0 Å². The molecule has 1 aliphatic rings. The molecule has 1 atom stereocenters. The molecule has 0 spiro atoms. The molecule has 0 bridgehead atoms. The van der Waals surface area contributed by atoms with Gasteiger partial charge in [0, 0.05) is 19.3 Å². The number of aryl methyl sites for hydroxylation is 1. The Hall–Kier alpha value is -0.670. The average molecular weight is 195 g/mol. The van der Waals surface area contributed by atoms with Gasteiger partial charge in [0.1, 0.15) is 0 Å². The highest BCUT2D eigenvalue weighted by molar-refractivity contribution is 7.82. The molecular formula is C10H13NOS. The van der Waals surface area contributed by atoms with E-state index in [2.05, 4.69) is 12.1 Å². The molecule has 2 nitrogen and oxygen atoms in total. The molecule has 1 aromatic carbocycles. The Bertz CT molecular complexity index is 337. The van der Waals surface area contributed by atoms with Crippen molar-refractivity contribution in [2.75, 3.05) is 12.8 Å². The van der Waals surface area contributed by atoms with Gasteiger partial charge in [-0.25, -0.2) is 8.51 Å². The van der Waals surface area contributed by atoms with E-state index in [4.69, 9.17) is 0 Å². The fraction of sp³-hybridized carbons (Fsp3) is 0.400. The summed E-state index contributed by atoms with van der Waals surface area (Å²) < 4.78 is 13.4. The minimum absolute atomic E-state index is 0.757. The number of benzene rings is 1. The first-order chi connectivity index (χ1) is 6.27. The third kappa shape index (κ3) is 1.81. The molecular weight excluding hydrogens is 182 g/mol. The summed E-state index contributed by atoms with van der Waals surface area (Å²) in [5.41, 5.74) is 2.66. The highest BCUT2D eigenvalue weighted by atomic mass is 32.2. The molecule has 0 saturated carbocycles. The zero-order valence-electron chi connectivity index (χ0n) is 7.69. The number of rotatable bonds is 0. The maximum atomic E-state index is 11.5. The molecule has 3 heteroatoms. The first kappa shape index (κ1) is 8.91. The predicted molar refractivity (Wildman–Crippen MR) is 54.6 cm³/mol. The normalized spacial score (nSPS) is 23.6. The summed E-state index contributed by atoms with van der Waals surface area (Å²) in [5, 5.41) is 0. The minimum Gasteiger partial charge on any atom is -0.243 e. The first-order valence-corrected chi connectivity index (χ1v) is 5.71. The molecule has 2 rings (SSSR count). The zero-order chi connectivity index (χ0) is 9.26. The van der Waals surface area contributed by atoms with Crippen LogP contribution in [-0.2, 0) is 24.0 Å². The van der Waals surface area contributed by atoms with Gasteiger partial charge in [-0.3, -0.25) is 0 Å². The van der Waals surface area contributed by atoms with Crippen molar-refractivity contribution >= 4 is 11.0 Å². The van der Waals surface area contributed by atoms with E-state index in [1.807, 2.05) is 23.5 Å². The molecule has 0 N–H and O–H groups in total. The fourth-order valence-electron chi connectivity index (χ4n) is 1.62. The van der Waals surface area contributed by atoms with Gasteiger partial charge < -0.3 is 0 Å². The van der Waals surface area contributed by atoms with Crippen molar-refractivity contribution in [2.24, 2.45) is 0 Å². The second kappa shape index (κ2) is 3.60. The molecule has 0 aliphatic carbocycles. The van der Waals surface area contributed by atoms with E-state index in [-0.39, 0.29) is 0 Å². The molecule has 70 valence electrons. The standard InChI is InChI=1S/C10H13NOS/c1-11-8-10-5-3-2-4-9(10)6-7-13(11)12/h2-5H,6-8H2,1H3. The lowest BCUT2D eigenvalue weighted by Gasteiger charge is -2.11. The van der Waals surface area contributed by atoms with E-state index >= 15 is 0 Å². The Morgan fingerprint density at radius 3 is 2.77 bits per heavy atom. The van der Waals surface area contributed by atoms with E-state index in [0.717, 1.165) is 18.7 Å². The topological polar surface area (TPSA) is 20.3 Å². The summed E-state index contributed by atoms with van der Waals surface area (Å²) in [4.78, 5) is 0. The lowest BCUT2D eigenvalue weighted by molar-refractivity contribution is 0.524. The predicted octanol–water partition coefficient (Wildman–Crippen LogP) is 1.34. The van der Waals surface area contributed by atoms with Crippen LogP contribution in [0.4, 0.5) is 0 Å². The molecule has 1 aromatic rings. The third-order valence-electron chi connectivity index (χ3n) is 2.41. The van der Waals surface area contributed by atoms with Crippen molar-refractivity contribution in [3.05, 3.63) is 35.4 Å². The van der Waals surface area contributed by atoms with Gasteiger partial charge >= 0.3 is 0 Å². The molecule has 0 fully saturated rings. The third-order valence-corrected chi connectivity index (χ3v) is 3.78. The van der Waals surface area contributed by atoms with Crippen LogP contribution in [0.15, 0.2) is 24.3 Å². The van der Waals surface area contributed by atoms with Crippen LogP contribution in [0.25, 0.3) is 0 Å². The van der Waals surface area contributed by atoms with Crippen LogP contribution in [0.2, 0.25) is 0 Å². The summed E-state index contributed by atoms with van der Waals surface area (Å²) in [5.74, 6) is 0.757. The van der Waals surface area contributed by atoms with Crippen molar-refractivity contribution in [1.82, 2.24) is 4.31 Å². The number of fused-ring (bicyclic) bond motifs is 1. The van der Waals surface area contributed by atoms with Crippen LogP contribution >= 0.6 is 0 Å². The lowest BCUT2D eigenvalue weighted by Crippen LogP contribution is -2.20. The average Bonchev–Trinajstić information content (AvgIpc) is 2.28. The summed E-state index contributed by atoms with van der Waals surface area (Å²) in [6.45, 7) is 0.808. The van der Waals surface area contributed by atoms with Gasteiger partial charge in [0.05, 0.1) is 11.0 Å². The Morgan fingerprint density at radius 1 is 1.31 bits per heavy atom. The van der Waals surface area contributed by atoms with Gasteiger partial charge in [0.15, 0.2) is 0 Å². The zero-order valence-corrected chi connectivity index (χ0v) is 8.51. The molecule has 0 amide bonds. The van der Waals surface area contributed by atoms with E-state index < -0.39 is 11.0 Å². The van der Waals surface area contributed by atoms with Gasteiger partial charge in [-0.1, -0.05) is 24.3 Å². The Kier molecular flexibility index (Phi) is 2.47. The summed E-state index contributed by atoms with van der Waals surface area (Å²) in [6, 6.07) is 8.34. The molecule has 0 radical (unpaired) electrons. The largest absolute Gasteiger partial charge is 0.243 e. The summed E-state index contributed by atoms with van der Waals surface area (Å²) in [6.07, 6.45) is 0.938. The first-order valence-electron chi connectivity index (χ1n) is 4.44. The molecule has 13 heavy (non-hydrogen) atoms. The van der Waals surface area contributed by atoms with Crippen LogP contribution in [-0.4, -0.2) is 21.3 Å².